The number of aromatic nitrogens is 2. The van der Waals surface area contributed by atoms with Crippen molar-refractivity contribution in [1.29, 1.82) is 0 Å². The van der Waals surface area contributed by atoms with Crippen molar-refractivity contribution in [3.8, 4) is 11.3 Å². The molecule has 0 aliphatic rings. The molecule has 0 saturated carbocycles. The van der Waals surface area contributed by atoms with Gasteiger partial charge in [-0.3, -0.25) is 9.89 Å². The maximum atomic E-state index is 12.0. The van der Waals surface area contributed by atoms with Gasteiger partial charge in [0.15, 0.2) is 0 Å². The standard InChI is InChI=1S/C17H13ClN4O/c18-14-8-6-12(7-9-14)11-19-22-17(23)16-10-15(20-21-16)13-4-2-1-3-5-13/h1-11H,(H,20,21)(H,22,23). The van der Waals surface area contributed by atoms with E-state index >= 15 is 0 Å². The second-order valence-electron chi connectivity index (χ2n) is 4.78. The Hall–Kier alpha value is -2.92. The van der Waals surface area contributed by atoms with Crippen molar-refractivity contribution < 1.29 is 4.79 Å². The topological polar surface area (TPSA) is 70.1 Å². The number of nitrogens with one attached hydrogen (secondary N) is 2. The molecule has 114 valence electrons. The lowest BCUT2D eigenvalue weighted by molar-refractivity contribution is 0.0950. The molecule has 0 aliphatic heterocycles. The van der Waals surface area contributed by atoms with Crippen LogP contribution in [-0.4, -0.2) is 22.3 Å². The third-order valence-electron chi connectivity index (χ3n) is 3.14. The van der Waals surface area contributed by atoms with Crippen LogP contribution in [0.1, 0.15) is 16.1 Å². The lowest BCUT2D eigenvalue weighted by atomic mass is 10.1. The summed E-state index contributed by atoms with van der Waals surface area (Å²) in [7, 11) is 0. The molecule has 1 amide bonds. The number of nitrogens with zero attached hydrogens (tertiary/aromatic N) is 2. The van der Waals surface area contributed by atoms with E-state index in [0.717, 1.165) is 11.1 Å². The van der Waals surface area contributed by atoms with Gasteiger partial charge in [0.2, 0.25) is 0 Å². The van der Waals surface area contributed by atoms with Gasteiger partial charge >= 0.3 is 0 Å². The molecule has 1 heterocycles. The second kappa shape index (κ2) is 6.89. The van der Waals surface area contributed by atoms with Crippen LogP contribution in [0.4, 0.5) is 0 Å². The summed E-state index contributed by atoms with van der Waals surface area (Å²) in [4.78, 5) is 12.0. The van der Waals surface area contributed by atoms with E-state index in [0.29, 0.717) is 16.4 Å². The molecule has 0 saturated heterocycles. The van der Waals surface area contributed by atoms with Gasteiger partial charge in [0.05, 0.1) is 11.9 Å². The number of hydrogen-bond acceptors (Lipinski definition) is 3. The molecule has 5 nitrogen and oxygen atoms in total. The van der Waals surface area contributed by atoms with Crippen LogP contribution in [0.5, 0.6) is 0 Å². The van der Waals surface area contributed by atoms with Crippen LogP contribution in [0.2, 0.25) is 5.02 Å². The van der Waals surface area contributed by atoms with Crippen molar-refractivity contribution in [1.82, 2.24) is 15.6 Å². The Morgan fingerprint density at radius 1 is 1.13 bits per heavy atom. The van der Waals surface area contributed by atoms with Gasteiger partial charge in [-0.1, -0.05) is 54.1 Å². The van der Waals surface area contributed by atoms with E-state index in [-0.39, 0.29) is 5.91 Å². The third-order valence-corrected chi connectivity index (χ3v) is 3.39. The van der Waals surface area contributed by atoms with Gasteiger partial charge in [0.25, 0.3) is 5.91 Å². The highest BCUT2D eigenvalue weighted by atomic mass is 35.5. The van der Waals surface area contributed by atoms with Gasteiger partial charge in [0, 0.05) is 10.6 Å². The van der Waals surface area contributed by atoms with Gasteiger partial charge < -0.3 is 0 Å². The van der Waals surface area contributed by atoms with Crippen LogP contribution in [0.25, 0.3) is 11.3 Å². The first kappa shape index (κ1) is 15.0. The summed E-state index contributed by atoms with van der Waals surface area (Å²) in [6.07, 6.45) is 1.54. The molecule has 0 spiro atoms. The fraction of sp³-hybridized carbons (Fsp3) is 0. The average molecular weight is 325 g/mol. The van der Waals surface area contributed by atoms with E-state index < -0.39 is 0 Å². The Labute approximate surface area is 138 Å². The maximum Gasteiger partial charge on any atom is 0.289 e. The molecule has 0 radical (unpaired) electrons. The molecule has 1 aromatic heterocycles. The number of rotatable bonds is 4. The van der Waals surface area contributed by atoms with Crippen molar-refractivity contribution in [2.75, 3.05) is 0 Å². The molecule has 0 bridgehead atoms. The summed E-state index contributed by atoms with van der Waals surface area (Å²) >= 11 is 5.80. The molecule has 0 aliphatic carbocycles. The molecule has 3 rings (SSSR count). The maximum absolute atomic E-state index is 12.0. The van der Waals surface area contributed by atoms with Crippen molar-refractivity contribution in [3.05, 3.63) is 76.9 Å². The van der Waals surface area contributed by atoms with Crippen LogP contribution in [-0.2, 0) is 0 Å². The average Bonchev–Trinajstić information content (AvgIpc) is 3.07. The zero-order valence-corrected chi connectivity index (χ0v) is 12.8. The van der Waals surface area contributed by atoms with E-state index in [1.54, 1.807) is 24.4 Å². The quantitative estimate of drug-likeness (QED) is 0.569. The SMILES string of the molecule is O=C(NN=Cc1ccc(Cl)cc1)c1cc(-c2ccccc2)n[nH]1. The van der Waals surface area contributed by atoms with Gasteiger partial charge in [-0.25, -0.2) is 5.43 Å². The number of carbonyl (C=O) groups excluding carboxylic acids is 1. The molecule has 0 unspecified atom stereocenters. The highest BCUT2D eigenvalue weighted by Gasteiger charge is 2.09. The number of benzene rings is 2. The molecule has 2 aromatic carbocycles. The number of H-pyrrole nitrogens is 1. The Morgan fingerprint density at radius 2 is 1.87 bits per heavy atom. The van der Waals surface area contributed by atoms with Crippen LogP contribution in [0.3, 0.4) is 0 Å². The van der Waals surface area contributed by atoms with Crippen LogP contribution >= 0.6 is 11.6 Å². The molecule has 6 heteroatoms. The summed E-state index contributed by atoms with van der Waals surface area (Å²) in [6, 6.07) is 18.4. The highest BCUT2D eigenvalue weighted by molar-refractivity contribution is 6.30. The second-order valence-corrected chi connectivity index (χ2v) is 5.22. The van der Waals surface area contributed by atoms with Crippen LogP contribution in [0.15, 0.2) is 65.8 Å². The van der Waals surface area contributed by atoms with Gasteiger partial charge in [0.1, 0.15) is 5.69 Å². The van der Waals surface area contributed by atoms with E-state index in [1.165, 1.54) is 0 Å². The fourth-order valence-corrected chi connectivity index (χ4v) is 2.10. The molecular weight excluding hydrogens is 312 g/mol. The largest absolute Gasteiger partial charge is 0.289 e. The summed E-state index contributed by atoms with van der Waals surface area (Å²) in [5.41, 5.74) is 5.28. The summed E-state index contributed by atoms with van der Waals surface area (Å²) in [5.74, 6) is -0.357. The Balaban J connectivity index is 1.65. The minimum Gasteiger partial charge on any atom is -0.272 e. The number of hydrogen-bond donors (Lipinski definition) is 2. The van der Waals surface area contributed by atoms with Gasteiger partial charge in [-0.05, 0) is 23.8 Å². The van der Waals surface area contributed by atoms with Crippen molar-refractivity contribution in [3.63, 3.8) is 0 Å². The van der Waals surface area contributed by atoms with E-state index in [9.17, 15) is 4.79 Å². The van der Waals surface area contributed by atoms with E-state index in [4.69, 9.17) is 11.6 Å². The Bertz CT molecular complexity index is 825. The first-order valence-corrected chi connectivity index (χ1v) is 7.30. The predicted octanol–water partition coefficient (Wildman–Crippen LogP) is 3.49. The molecule has 3 aromatic rings. The number of amides is 1. The molecule has 0 atom stereocenters. The minimum atomic E-state index is -0.357. The minimum absolute atomic E-state index is 0.345. The van der Waals surface area contributed by atoms with Crippen molar-refractivity contribution in [2.24, 2.45) is 5.10 Å². The zero-order chi connectivity index (χ0) is 16.1. The number of halogens is 1. The lowest BCUT2D eigenvalue weighted by Crippen LogP contribution is -2.17. The van der Waals surface area contributed by atoms with Gasteiger partial charge in [-0.2, -0.15) is 10.2 Å². The van der Waals surface area contributed by atoms with Crippen molar-refractivity contribution >= 4 is 23.7 Å². The van der Waals surface area contributed by atoms with Crippen LogP contribution in [0, 0.1) is 0 Å². The Morgan fingerprint density at radius 3 is 2.61 bits per heavy atom. The first-order chi connectivity index (χ1) is 11.2. The molecule has 23 heavy (non-hydrogen) atoms. The molecule has 2 N–H and O–H groups in total. The monoisotopic (exact) mass is 324 g/mol. The van der Waals surface area contributed by atoms with Crippen molar-refractivity contribution in [2.45, 2.75) is 0 Å². The zero-order valence-electron chi connectivity index (χ0n) is 12.0. The van der Waals surface area contributed by atoms with Crippen LogP contribution < -0.4 is 5.43 Å². The molecule has 0 fully saturated rings. The smallest absolute Gasteiger partial charge is 0.272 e. The summed E-state index contributed by atoms with van der Waals surface area (Å²) < 4.78 is 0. The molecular formula is C17H13ClN4O. The fourth-order valence-electron chi connectivity index (χ4n) is 1.97. The number of carbonyl (C=O) groups is 1. The number of aromatic amines is 1. The predicted molar refractivity (Wildman–Crippen MR) is 90.5 cm³/mol. The first-order valence-electron chi connectivity index (χ1n) is 6.92. The normalized spacial score (nSPS) is 10.8. The summed E-state index contributed by atoms with van der Waals surface area (Å²) in [6.45, 7) is 0. The Kier molecular flexibility index (Phi) is 4.49. The number of hydrazone groups is 1. The third kappa shape index (κ3) is 3.84. The van der Waals surface area contributed by atoms with E-state index in [2.05, 4.69) is 20.7 Å². The summed E-state index contributed by atoms with van der Waals surface area (Å²) in [5, 5.41) is 11.4. The highest BCUT2D eigenvalue weighted by Crippen LogP contribution is 2.16. The lowest BCUT2D eigenvalue weighted by Gasteiger charge is -1.96. The van der Waals surface area contributed by atoms with E-state index in [1.807, 2.05) is 42.5 Å². The van der Waals surface area contributed by atoms with Gasteiger partial charge in [-0.15, -0.1) is 0 Å².